The molecule has 0 saturated heterocycles. The van der Waals surface area contributed by atoms with Gasteiger partial charge in [-0.1, -0.05) is 0 Å². The van der Waals surface area contributed by atoms with E-state index >= 15 is 0 Å². The smallest absolute Gasteiger partial charge is 0.191 e. The van der Waals surface area contributed by atoms with Crippen LogP contribution >= 0.6 is 0 Å². The van der Waals surface area contributed by atoms with Gasteiger partial charge in [-0.3, -0.25) is 9.98 Å². The Labute approximate surface area is 161 Å². The highest BCUT2D eigenvalue weighted by molar-refractivity contribution is 5.87. The van der Waals surface area contributed by atoms with Crippen molar-refractivity contribution in [3.8, 4) is 11.5 Å². The van der Waals surface area contributed by atoms with Crippen molar-refractivity contribution >= 4 is 35.7 Å². The molecule has 0 heterocycles. The normalized spacial score (nSPS) is 11.0. The molecule has 2 aromatic carbocycles. The molecule has 0 saturated carbocycles. The average molecular weight is 382 g/mol. The second-order valence-electron chi connectivity index (χ2n) is 5.63. The minimum absolute atomic E-state index is 0.0586. The lowest BCUT2D eigenvalue weighted by Gasteiger charge is -2.01. The van der Waals surface area contributed by atoms with Crippen molar-refractivity contribution in [2.75, 3.05) is 13.1 Å². The van der Waals surface area contributed by atoms with Crippen LogP contribution in [0, 0.1) is 0 Å². The molecule has 0 radical (unpaired) electrons. The number of rotatable bonds is 7. The minimum Gasteiger partial charge on any atom is -0.507 e. The molecule has 0 unspecified atom stereocenters. The molecule has 0 aliphatic rings. The van der Waals surface area contributed by atoms with Gasteiger partial charge in [0.05, 0.1) is 24.5 Å². The fourth-order valence-electron chi connectivity index (χ4n) is 2.17. The molecule has 0 atom stereocenters. The number of hydrogen-bond donors (Lipinski definition) is 6. The van der Waals surface area contributed by atoms with Crippen LogP contribution in [0.3, 0.4) is 0 Å². The van der Waals surface area contributed by atoms with Gasteiger partial charge < -0.3 is 33.1 Å². The number of guanidine groups is 2. The summed E-state index contributed by atoms with van der Waals surface area (Å²) in [5.41, 5.74) is 23.3. The van der Waals surface area contributed by atoms with E-state index in [9.17, 15) is 10.2 Å². The van der Waals surface area contributed by atoms with Crippen molar-refractivity contribution < 1.29 is 10.2 Å². The maximum atomic E-state index is 9.85. The summed E-state index contributed by atoms with van der Waals surface area (Å²) in [4.78, 5) is 16.2. The predicted octanol–water partition coefficient (Wildman–Crippen LogP) is 0.446. The molecule has 0 aliphatic carbocycles. The number of nitrogens with zero attached hydrogens (tertiary/aromatic N) is 4. The van der Waals surface area contributed by atoms with E-state index in [2.05, 4.69) is 20.0 Å². The molecular formula is C18H22N8O2. The highest BCUT2D eigenvalue weighted by Gasteiger charge is 2.01. The second kappa shape index (κ2) is 9.57. The minimum atomic E-state index is -0.0740. The van der Waals surface area contributed by atoms with Crippen LogP contribution in [0.15, 0.2) is 56.4 Å². The van der Waals surface area contributed by atoms with Crippen LogP contribution in [0.5, 0.6) is 11.5 Å². The van der Waals surface area contributed by atoms with E-state index in [1.807, 2.05) is 0 Å². The van der Waals surface area contributed by atoms with Crippen LogP contribution in [0.4, 0.5) is 11.4 Å². The molecule has 0 bridgehead atoms. The van der Waals surface area contributed by atoms with Crippen LogP contribution in [0.2, 0.25) is 0 Å². The first-order valence-corrected chi connectivity index (χ1v) is 8.20. The zero-order valence-corrected chi connectivity index (χ0v) is 15.0. The van der Waals surface area contributed by atoms with Gasteiger partial charge in [-0.2, -0.15) is 0 Å². The Morgan fingerprint density at radius 3 is 1.46 bits per heavy atom. The maximum Gasteiger partial charge on any atom is 0.191 e. The summed E-state index contributed by atoms with van der Waals surface area (Å²) < 4.78 is 0. The van der Waals surface area contributed by atoms with E-state index in [4.69, 9.17) is 22.9 Å². The molecule has 10 nitrogen and oxygen atoms in total. The highest BCUT2D eigenvalue weighted by Crippen LogP contribution is 2.22. The summed E-state index contributed by atoms with van der Waals surface area (Å²) in [6, 6.07) is 9.34. The lowest BCUT2D eigenvalue weighted by Crippen LogP contribution is -2.21. The predicted molar refractivity (Wildman–Crippen MR) is 112 cm³/mol. The Kier molecular flexibility index (Phi) is 6.92. The number of nitrogens with two attached hydrogens (primary N) is 4. The summed E-state index contributed by atoms with van der Waals surface area (Å²) in [6.45, 7) is 0.744. The first-order valence-electron chi connectivity index (χ1n) is 8.20. The number of phenols is 2. The molecule has 0 aromatic heterocycles. The van der Waals surface area contributed by atoms with E-state index in [0.29, 0.717) is 35.6 Å². The largest absolute Gasteiger partial charge is 0.507 e. The van der Waals surface area contributed by atoms with Crippen LogP contribution in [0.25, 0.3) is 0 Å². The van der Waals surface area contributed by atoms with Crippen molar-refractivity contribution in [2.45, 2.75) is 0 Å². The topological polar surface area (TPSA) is 194 Å². The third-order valence-corrected chi connectivity index (χ3v) is 3.36. The average Bonchev–Trinajstić information content (AvgIpc) is 2.62. The first-order chi connectivity index (χ1) is 13.3. The zero-order valence-electron chi connectivity index (χ0n) is 15.0. The number of aromatic hydroxyl groups is 2. The van der Waals surface area contributed by atoms with Crippen molar-refractivity contribution in [1.29, 1.82) is 0 Å². The number of benzene rings is 2. The number of phenolic OH excluding ortho intramolecular Hbond substituents is 2. The first kappa shape index (κ1) is 20.2. The van der Waals surface area contributed by atoms with E-state index in [0.717, 1.165) is 0 Å². The van der Waals surface area contributed by atoms with E-state index in [1.165, 1.54) is 24.6 Å². The molecule has 0 spiro atoms. The van der Waals surface area contributed by atoms with Gasteiger partial charge in [0.2, 0.25) is 0 Å². The molecule has 0 fully saturated rings. The molecule has 28 heavy (non-hydrogen) atoms. The zero-order chi connectivity index (χ0) is 20.5. The Hall–Kier alpha value is -4.08. The van der Waals surface area contributed by atoms with E-state index in [-0.39, 0.29) is 23.4 Å². The molecule has 2 rings (SSSR count). The van der Waals surface area contributed by atoms with Gasteiger partial charge in [-0.05, 0) is 36.4 Å². The SMILES string of the molecule is NC(N)=Nc1ccc(O)c(C=NCCN=Cc2cc(N=C(N)N)ccc2O)c1. The molecule has 0 aliphatic heterocycles. The van der Waals surface area contributed by atoms with Crippen LogP contribution in [0.1, 0.15) is 11.1 Å². The van der Waals surface area contributed by atoms with Gasteiger partial charge in [-0.15, -0.1) is 0 Å². The fourth-order valence-corrected chi connectivity index (χ4v) is 2.17. The lowest BCUT2D eigenvalue weighted by molar-refractivity contribution is 0.474. The molecule has 10 N–H and O–H groups in total. The molecular weight excluding hydrogens is 360 g/mol. The summed E-state index contributed by atoms with van der Waals surface area (Å²) in [5, 5.41) is 19.7. The summed E-state index contributed by atoms with van der Waals surface area (Å²) in [5.74, 6) is -0.0309. The lowest BCUT2D eigenvalue weighted by atomic mass is 10.2. The van der Waals surface area contributed by atoms with Crippen molar-refractivity contribution in [1.82, 2.24) is 0 Å². The summed E-state index contributed by atoms with van der Waals surface area (Å²) in [6.07, 6.45) is 3.01. The second-order valence-corrected chi connectivity index (χ2v) is 5.63. The van der Waals surface area contributed by atoms with Gasteiger partial charge in [0.25, 0.3) is 0 Å². The Morgan fingerprint density at radius 1 is 0.714 bits per heavy atom. The molecule has 2 aromatic rings. The van der Waals surface area contributed by atoms with Crippen LogP contribution < -0.4 is 22.9 Å². The molecule has 0 amide bonds. The van der Waals surface area contributed by atoms with Crippen molar-refractivity contribution in [3.63, 3.8) is 0 Å². The van der Waals surface area contributed by atoms with Crippen molar-refractivity contribution in [2.24, 2.45) is 42.9 Å². The summed E-state index contributed by atoms with van der Waals surface area (Å²) >= 11 is 0. The van der Waals surface area contributed by atoms with Crippen LogP contribution in [-0.4, -0.2) is 47.7 Å². The van der Waals surface area contributed by atoms with Gasteiger partial charge in [-0.25, -0.2) is 9.98 Å². The third-order valence-electron chi connectivity index (χ3n) is 3.36. The Balaban J connectivity index is 1.97. The number of aliphatic imine (C=N–C) groups is 4. The van der Waals surface area contributed by atoms with Gasteiger partial charge >= 0.3 is 0 Å². The van der Waals surface area contributed by atoms with Crippen molar-refractivity contribution in [3.05, 3.63) is 47.5 Å². The van der Waals surface area contributed by atoms with Gasteiger partial charge in [0, 0.05) is 23.6 Å². The molecule has 10 heteroatoms. The number of hydrogen-bond acceptors (Lipinski definition) is 6. The fraction of sp³-hybridized carbons (Fsp3) is 0.111. The van der Waals surface area contributed by atoms with E-state index in [1.54, 1.807) is 24.3 Å². The molecule has 146 valence electrons. The van der Waals surface area contributed by atoms with E-state index < -0.39 is 0 Å². The maximum absolute atomic E-state index is 9.85. The Bertz CT molecular complexity index is 865. The third kappa shape index (κ3) is 6.33. The summed E-state index contributed by atoms with van der Waals surface area (Å²) in [7, 11) is 0. The van der Waals surface area contributed by atoms with Gasteiger partial charge in [0.1, 0.15) is 11.5 Å². The monoisotopic (exact) mass is 382 g/mol. The van der Waals surface area contributed by atoms with Gasteiger partial charge in [0.15, 0.2) is 11.9 Å². The van der Waals surface area contributed by atoms with Crippen LogP contribution in [-0.2, 0) is 0 Å². The Morgan fingerprint density at radius 2 is 1.11 bits per heavy atom. The quantitative estimate of drug-likeness (QED) is 0.228. The standard InChI is InChI=1S/C18H22N8O2/c19-17(20)25-13-1-3-15(27)11(7-13)9-23-5-6-24-10-12-8-14(26-18(21)22)2-4-16(12)28/h1-4,7-10,27-28H,5-6H2,(H4,19,20,25)(H4,21,22,26). The highest BCUT2D eigenvalue weighted by atomic mass is 16.3.